The molecule has 0 aliphatic carbocycles. The molecule has 6 heteroatoms. The minimum atomic E-state index is -0.102. The third kappa shape index (κ3) is 2.96. The Bertz CT molecular complexity index is 607. The highest BCUT2D eigenvalue weighted by Crippen LogP contribution is 2.28. The molecule has 0 saturated heterocycles. The Kier molecular flexibility index (Phi) is 4.34. The maximum Gasteiger partial charge on any atom is 0.225 e. The highest BCUT2D eigenvalue weighted by molar-refractivity contribution is 5.93. The molecule has 20 heavy (non-hydrogen) atoms. The summed E-state index contributed by atoms with van der Waals surface area (Å²) in [7, 11) is 1.62. The van der Waals surface area contributed by atoms with Crippen molar-refractivity contribution < 1.29 is 14.2 Å². The maximum atomic E-state index is 11.6. The van der Waals surface area contributed by atoms with Gasteiger partial charge < -0.3 is 10.1 Å². The molecule has 2 aromatic rings. The van der Waals surface area contributed by atoms with Crippen molar-refractivity contribution in [3.63, 3.8) is 0 Å². The van der Waals surface area contributed by atoms with Crippen LogP contribution in [0.4, 0.5) is 5.82 Å². The number of benzene rings is 1. The smallest absolute Gasteiger partial charge is 0.225 e. The Morgan fingerprint density at radius 2 is 2.20 bits per heavy atom. The molecular weight excluding hydrogens is 258 g/mol. The predicted molar refractivity (Wildman–Crippen MR) is 74.6 cm³/mol. The molecule has 1 aromatic heterocycles. The van der Waals surface area contributed by atoms with Gasteiger partial charge in [-0.2, -0.15) is 0 Å². The summed E-state index contributed by atoms with van der Waals surface area (Å²) in [6.07, 6.45) is 1.21. The third-order valence-corrected chi connectivity index (χ3v) is 2.89. The number of aryl methyl sites for hydroxylation is 1. The molecule has 0 fully saturated rings. The summed E-state index contributed by atoms with van der Waals surface area (Å²) in [4.78, 5) is 11.6. The normalized spacial score (nSPS) is 10.3. The highest BCUT2D eigenvalue weighted by atomic mass is 16.6. The van der Waals surface area contributed by atoms with E-state index in [0.29, 0.717) is 17.9 Å². The summed E-state index contributed by atoms with van der Waals surface area (Å²) in [5.41, 5.74) is 2.30. The number of carbonyl (C=O) groups excluding carboxylic acids is 1. The molecule has 0 radical (unpaired) electrons. The van der Waals surface area contributed by atoms with E-state index in [0.717, 1.165) is 23.3 Å². The molecule has 1 amide bonds. The molecule has 2 rings (SSSR count). The lowest BCUT2D eigenvalue weighted by molar-refractivity contribution is -0.116. The van der Waals surface area contributed by atoms with E-state index in [4.69, 9.17) is 9.37 Å². The molecule has 1 N–H and O–H groups in total. The highest BCUT2D eigenvalue weighted by Gasteiger charge is 2.15. The first-order chi connectivity index (χ1) is 9.65. The van der Waals surface area contributed by atoms with Gasteiger partial charge in [-0.3, -0.25) is 4.79 Å². The zero-order valence-electron chi connectivity index (χ0n) is 11.8. The summed E-state index contributed by atoms with van der Waals surface area (Å²) in [5.74, 6) is 1.03. The fourth-order valence-electron chi connectivity index (χ4n) is 1.91. The molecule has 106 valence electrons. The lowest BCUT2D eigenvalue weighted by Gasteiger charge is -2.06. The number of nitrogens with one attached hydrogen (secondary N) is 1. The first-order valence-electron chi connectivity index (χ1n) is 6.43. The predicted octanol–water partition coefficient (Wildman–Crippen LogP) is 2.79. The molecule has 0 unspecified atom stereocenters. The van der Waals surface area contributed by atoms with Crippen LogP contribution in [0.5, 0.6) is 5.75 Å². The molecule has 0 bridgehead atoms. The van der Waals surface area contributed by atoms with Gasteiger partial charge in [-0.05, 0) is 47.4 Å². The van der Waals surface area contributed by atoms with E-state index in [-0.39, 0.29) is 5.91 Å². The van der Waals surface area contributed by atoms with Crippen molar-refractivity contribution in [3.8, 4) is 17.0 Å². The SMILES string of the molecule is CCCC(=O)Nc1nonc1-c1ccc(OC)c(C)c1. The fraction of sp³-hybridized carbons (Fsp3) is 0.357. The monoisotopic (exact) mass is 275 g/mol. The number of carbonyl (C=O) groups is 1. The largest absolute Gasteiger partial charge is 0.496 e. The van der Waals surface area contributed by atoms with Crippen LogP contribution in [0.3, 0.4) is 0 Å². The lowest BCUT2D eigenvalue weighted by Crippen LogP contribution is -2.11. The van der Waals surface area contributed by atoms with Gasteiger partial charge in [0.05, 0.1) is 7.11 Å². The van der Waals surface area contributed by atoms with Crippen LogP contribution in [0.25, 0.3) is 11.3 Å². The van der Waals surface area contributed by atoms with E-state index >= 15 is 0 Å². The average Bonchev–Trinajstić information content (AvgIpc) is 2.87. The zero-order chi connectivity index (χ0) is 14.5. The fourth-order valence-corrected chi connectivity index (χ4v) is 1.91. The average molecular weight is 275 g/mol. The van der Waals surface area contributed by atoms with Crippen LogP contribution >= 0.6 is 0 Å². The molecule has 0 saturated carbocycles. The second-order valence-electron chi connectivity index (χ2n) is 4.44. The van der Waals surface area contributed by atoms with Gasteiger partial charge in [-0.1, -0.05) is 6.92 Å². The first kappa shape index (κ1) is 14.0. The molecule has 0 spiro atoms. The zero-order valence-corrected chi connectivity index (χ0v) is 11.8. The lowest BCUT2D eigenvalue weighted by atomic mass is 10.1. The molecule has 1 heterocycles. The number of aromatic nitrogens is 2. The van der Waals surface area contributed by atoms with Crippen molar-refractivity contribution in [2.75, 3.05) is 12.4 Å². The summed E-state index contributed by atoms with van der Waals surface area (Å²) in [6, 6.07) is 5.60. The third-order valence-electron chi connectivity index (χ3n) is 2.89. The van der Waals surface area contributed by atoms with Crippen molar-refractivity contribution in [2.24, 2.45) is 0 Å². The van der Waals surface area contributed by atoms with E-state index in [2.05, 4.69) is 15.6 Å². The number of rotatable bonds is 5. The van der Waals surface area contributed by atoms with Crippen LogP contribution in [0, 0.1) is 6.92 Å². The van der Waals surface area contributed by atoms with E-state index < -0.39 is 0 Å². The topological polar surface area (TPSA) is 77.3 Å². The standard InChI is InChI=1S/C14H17N3O3/c1-4-5-12(18)15-14-13(16-20-17-14)10-6-7-11(19-3)9(2)8-10/h6-8H,4-5H2,1-3H3,(H,15,17,18). The molecule has 0 aliphatic heterocycles. The minimum absolute atomic E-state index is 0.102. The second kappa shape index (κ2) is 6.18. The van der Waals surface area contributed by atoms with E-state index in [9.17, 15) is 4.79 Å². The van der Waals surface area contributed by atoms with E-state index in [1.165, 1.54) is 0 Å². The van der Waals surface area contributed by atoms with Crippen LogP contribution in [0.2, 0.25) is 0 Å². The number of amides is 1. The van der Waals surface area contributed by atoms with Crippen LogP contribution in [-0.2, 0) is 4.79 Å². The van der Waals surface area contributed by atoms with Gasteiger partial charge in [-0.25, -0.2) is 4.63 Å². The molecular formula is C14H17N3O3. The van der Waals surface area contributed by atoms with Crippen LogP contribution < -0.4 is 10.1 Å². The van der Waals surface area contributed by atoms with Crippen LogP contribution in [0.1, 0.15) is 25.3 Å². The number of anilines is 1. The Morgan fingerprint density at radius 1 is 1.40 bits per heavy atom. The molecule has 0 aliphatic rings. The summed E-state index contributed by atoms with van der Waals surface area (Å²) < 4.78 is 9.94. The van der Waals surface area contributed by atoms with E-state index in [1.54, 1.807) is 7.11 Å². The van der Waals surface area contributed by atoms with Crippen LogP contribution in [-0.4, -0.2) is 23.3 Å². The van der Waals surface area contributed by atoms with Crippen molar-refractivity contribution >= 4 is 11.7 Å². The number of hydrogen-bond acceptors (Lipinski definition) is 5. The Balaban J connectivity index is 2.27. The Labute approximate surface area is 117 Å². The van der Waals surface area contributed by atoms with Gasteiger partial charge in [0.15, 0.2) is 5.69 Å². The van der Waals surface area contributed by atoms with Crippen molar-refractivity contribution in [3.05, 3.63) is 23.8 Å². The van der Waals surface area contributed by atoms with Gasteiger partial charge in [0.25, 0.3) is 0 Å². The van der Waals surface area contributed by atoms with Gasteiger partial charge in [0.1, 0.15) is 5.75 Å². The van der Waals surface area contributed by atoms with Crippen LogP contribution in [0.15, 0.2) is 22.8 Å². The quantitative estimate of drug-likeness (QED) is 0.907. The number of hydrogen-bond donors (Lipinski definition) is 1. The summed E-state index contributed by atoms with van der Waals surface area (Å²) >= 11 is 0. The molecule has 0 atom stereocenters. The van der Waals surface area contributed by atoms with Crippen molar-refractivity contribution in [1.82, 2.24) is 10.3 Å². The summed E-state index contributed by atoms with van der Waals surface area (Å²) in [5, 5.41) is 10.3. The first-order valence-corrected chi connectivity index (χ1v) is 6.43. The van der Waals surface area contributed by atoms with Gasteiger partial charge in [0, 0.05) is 12.0 Å². The Morgan fingerprint density at radius 3 is 2.85 bits per heavy atom. The van der Waals surface area contributed by atoms with Gasteiger partial charge in [-0.15, -0.1) is 0 Å². The minimum Gasteiger partial charge on any atom is -0.496 e. The number of methoxy groups -OCH3 is 1. The Hall–Kier alpha value is -2.37. The van der Waals surface area contributed by atoms with Crippen molar-refractivity contribution in [1.29, 1.82) is 0 Å². The van der Waals surface area contributed by atoms with E-state index in [1.807, 2.05) is 32.0 Å². The second-order valence-corrected chi connectivity index (χ2v) is 4.44. The maximum absolute atomic E-state index is 11.6. The molecule has 6 nitrogen and oxygen atoms in total. The van der Waals surface area contributed by atoms with Gasteiger partial charge in [0.2, 0.25) is 11.7 Å². The molecule has 1 aromatic carbocycles. The number of nitrogens with zero attached hydrogens (tertiary/aromatic N) is 2. The van der Waals surface area contributed by atoms with Gasteiger partial charge >= 0.3 is 0 Å². The number of ether oxygens (including phenoxy) is 1. The summed E-state index contributed by atoms with van der Waals surface area (Å²) in [6.45, 7) is 3.87. The van der Waals surface area contributed by atoms with Crippen molar-refractivity contribution in [2.45, 2.75) is 26.7 Å².